The summed E-state index contributed by atoms with van der Waals surface area (Å²) in [5, 5.41) is 3.80. The molecule has 3 heteroatoms. The first-order valence-electron chi connectivity index (χ1n) is 9.44. The average molecular weight is 293 g/mol. The van der Waals surface area contributed by atoms with Crippen LogP contribution in [0.4, 0.5) is 0 Å². The quantitative estimate of drug-likeness (QED) is 0.840. The van der Waals surface area contributed by atoms with Crippen LogP contribution in [-0.4, -0.2) is 61.7 Å². The predicted octanol–water partition coefficient (Wildman–Crippen LogP) is 2.57. The van der Waals surface area contributed by atoms with Crippen LogP contribution in [-0.2, 0) is 0 Å². The number of piperidine rings is 2. The highest BCUT2D eigenvalue weighted by Crippen LogP contribution is 2.32. The molecule has 3 fully saturated rings. The molecule has 0 aromatic heterocycles. The summed E-state index contributed by atoms with van der Waals surface area (Å²) in [6.07, 6.45) is 10.1. The third-order valence-corrected chi connectivity index (χ3v) is 6.32. The third kappa shape index (κ3) is 3.80. The minimum Gasteiger partial charge on any atom is -0.313 e. The molecule has 2 saturated heterocycles. The fraction of sp³-hybridized carbons (Fsp3) is 1.00. The molecule has 1 N–H and O–H groups in total. The number of hydrogen-bond acceptors (Lipinski definition) is 3. The smallest absolute Gasteiger partial charge is 0.0223 e. The highest BCUT2D eigenvalue weighted by Gasteiger charge is 2.35. The molecule has 2 aliphatic heterocycles. The molecule has 0 aromatic rings. The molecule has 122 valence electrons. The van der Waals surface area contributed by atoms with Crippen molar-refractivity contribution < 1.29 is 0 Å². The molecule has 3 nitrogen and oxygen atoms in total. The lowest BCUT2D eigenvalue weighted by molar-refractivity contribution is 0.0320. The van der Waals surface area contributed by atoms with Crippen molar-refractivity contribution in [2.45, 2.75) is 64.0 Å². The zero-order valence-corrected chi connectivity index (χ0v) is 14.2. The molecule has 3 unspecified atom stereocenters. The van der Waals surface area contributed by atoms with Crippen LogP contribution in [0.15, 0.2) is 0 Å². The maximum absolute atomic E-state index is 3.80. The van der Waals surface area contributed by atoms with Crippen molar-refractivity contribution >= 4 is 0 Å². The molecule has 2 heterocycles. The van der Waals surface area contributed by atoms with Gasteiger partial charge < -0.3 is 15.1 Å². The zero-order valence-electron chi connectivity index (χ0n) is 14.2. The first-order valence-corrected chi connectivity index (χ1v) is 9.44. The van der Waals surface area contributed by atoms with Crippen molar-refractivity contribution in [1.82, 2.24) is 15.1 Å². The van der Waals surface area contributed by atoms with Gasteiger partial charge in [-0.3, -0.25) is 0 Å². The predicted molar refractivity (Wildman–Crippen MR) is 89.6 cm³/mol. The number of nitrogens with one attached hydrogen (secondary N) is 1. The van der Waals surface area contributed by atoms with Crippen LogP contribution in [0.1, 0.15) is 51.9 Å². The van der Waals surface area contributed by atoms with Gasteiger partial charge in [-0.2, -0.15) is 0 Å². The second-order valence-corrected chi connectivity index (χ2v) is 7.71. The van der Waals surface area contributed by atoms with E-state index in [2.05, 4.69) is 29.1 Å². The van der Waals surface area contributed by atoms with E-state index in [4.69, 9.17) is 0 Å². The standard InChI is InChI=1S/C18H35N3/c1-3-19-17(15-7-4-5-8-15)14-21-12-10-18-16(13-21)9-6-11-20(18)2/h15-19H,3-14H2,1-2H3. The van der Waals surface area contributed by atoms with Crippen LogP contribution in [0, 0.1) is 11.8 Å². The Morgan fingerprint density at radius 3 is 2.62 bits per heavy atom. The van der Waals surface area contributed by atoms with Gasteiger partial charge in [-0.25, -0.2) is 0 Å². The summed E-state index contributed by atoms with van der Waals surface area (Å²) in [6.45, 7) is 8.69. The number of likely N-dealkylation sites (N-methyl/N-ethyl adjacent to an activating group) is 1. The van der Waals surface area contributed by atoms with Gasteiger partial charge in [0.1, 0.15) is 0 Å². The van der Waals surface area contributed by atoms with E-state index in [9.17, 15) is 0 Å². The normalized spacial score (nSPS) is 34.0. The maximum atomic E-state index is 3.80. The van der Waals surface area contributed by atoms with E-state index in [1.807, 2.05) is 0 Å². The highest BCUT2D eigenvalue weighted by atomic mass is 15.2. The Balaban J connectivity index is 1.54. The highest BCUT2D eigenvalue weighted by molar-refractivity contribution is 4.91. The summed E-state index contributed by atoms with van der Waals surface area (Å²) >= 11 is 0. The minimum atomic E-state index is 0.746. The lowest BCUT2D eigenvalue weighted by Gasteiger charge is -2.47. The molecule has 1 saturated carbocycles. The Labute approximate surface area is 131 Å². The summed E-state index contributed by atoms with van der Waals surface area (Å²) in [5.41, 5.74) is 0. The van der Waals surface area contributed by atoms with Gasteiger partial charge in [0.2, 0.25) is 0 Å². The van der Waals surface area contributed by atoms with Gasteiger partial charge in [-0.05, 0) is 70.6 Å². The maximum Gasteiger partial charge on any atom is 0.0223 e. The van der Waals surface area contributed by atoms with Gasteiger partial charge in [-0.1, -0.05) is 19.8 Å². The fourth-order valence-corrected chi connectivity index (χ4v) is 5.17. The summed E-state index contributed by atoms with van der Waals surface area (Å²) in [4.78, 5) is 5.41. The summed E-state index contributed by atoms with van der Waals surface area (Å²) < 4.78 is 0. The topological polar surface area (TPSA) is 18.5 Å². The van der Waals surface area contributed by atoms with E-state index in [0.717, 1.165) is 30.5 Å². The van der Waals surface area contributed by atoms with E-state index in [1.165, 1.54) is 71.1 Å². The van der Waals surface area contributed by atoms with Crippen LogP contribution in [0.25, 0.3) is 0 Å². The molecule has 1 aliphatic carbocycles. The number of hydrogen-bond donors (Lipinski definition) is 1. The Bertz CT molecular complexity index is 314. The SMILES string of the molecule is CCNC(CN1CCC2C(CCCN2C)C1)C1CCCC1. The van der Waals surface area contributed by atoms with Gasteiger partial charge in [0.25, 0.3) is 0 Å². The summed E-state index contributed by atoms with van der Waals surface area (Å²) in [5.74, 6) is 1.88. The molecular weight excluding hydrogens is 258 g/mol. The van der Waals surface area contributed by atoms with Gasteiger partial charge in [0, 0.05) is 25.2 Å². The Kier molecular flexibility index (Phi) is 5.58. The van der Waals surface area contributed by atoms with Crippen LogP contribution in [0.2, 0.25) is 0 Å². The van der Waals surface area contributed by atoms with E-state index < -0.39 is 0 Å². The molecular formula is C18H35N3. The zero-order chi connectivity index (χ0) is 14.7. The van der Waals surface area contributed by atoms with E-state index in [-0.39, 0.29) is 0 Å². The molecule has 3 rings (SSSR count). The van der Waals surface area contributed by atoms with Crippen molar-refractivity contribution in [3.8, 4) is 0 Å². The van der Waals surface area contributed by atoms with Crippen LogP contribution in [0.3, 0.4) is 0 Å². The third-order valence-electron chi connectivity index (χ3n) is 6.32. The summed E-state index contributed by atoms with van der Waals surface area (Å²) in [6, 6.07) is 1.62. The van der Waals surface area contributed by atoms with Crippen molar-refractivity contribution in [2.24, 2.45) is 11.8 Å². The van der Waals surface area contributed by atoms with E-state index >= 15 is 0 Å². The van der Waals surface area contributed by atoms with Crippen molar-refractivity contribution in [3.05, 3.63) is 0 Å². The lowest BCUT2D eigenvalue weighted by atomic mass is 9.83. The molecule has 21 heavy (non-hydrogen) atoms. The minimum absolute atomic E-state index is 0.746. The molecule has 0 amide bonds. The molecule has 0 spiro atoms. The van der Waals surface area contributed by atoms with E-state index in [0.29, 0.717) is 0 Å². The molecule has 3 atom stereocenters. The Morgan fingerprint density at radius 2 is 1.86 bits per heavy atom. The van der Waals surface area contributed by atoms with Crippen molar-refractivity contribution in [2.75, 3.05) is 39.8 Å². The van der Waals surface area contributed by atoms with Crippen LogP contribution in [0.5, 0.6) is 0 Å². The van der Waals surface area contributed by atoms with Gasteiger partial charge in [-0.15, -0.1) is 0 Å². The van der Waals surface area contributed by atoms with Crippen molar-refractivity contribution in [1.29, 1.82) is 0 Å². The van der Waals surface area contributed by atoms with Gasteiger partial charge >= 0.3 is 0 Å². The average Bonchev–Trinajstić information content (AvgIpc) is 3.01. The fourth-order valence-electron chi connectivity index (χ4n) is 5.17. The summed E-state index contributed by atoms with van der Waals surface area (Å²) in [7, 11) is 2.34. The molecule has 0 radical (unpaired) electrons. The van der Waals surface area contributed by atoms with Gasteiger partial charge in [0.15, 0.2) is 0 Å². The van der Waals surface area contributed by atoms with Crippen molar-refractivity contribution in [3.63, 3.8) is 0 Å². The number of fused-ring (bicyclic) bond motifs is 1. The number of nitrogens with zero attached hydrogens (tertiary/aromatic N) is 2. The molecule has 0 bridgehead atoms. The lowest BCUT2D eigenvalue weighted by Crippen LogP contribution is -2.55. The van der Waals surface area contributed by atoms with Crippen LogP contribution < -0.4 is 5.32 Å². The monoisotopic (exact) mass is 293 g/mol. The number of rotatable bonds is 5. The largest absolute Gasteiger partial charge is 0.313 e. The first kappa shape index (κ1) is 15.8. The second kappa shape index (κ2) is 7.43. The number of likely N-dealkylation sites (tertiary alicyclic amines) is 2. The first-order chi connectivity index (χ1) is 10.3. The second-order valence-electron chi connectivity index (χ2n) is 7.71. The Hall–Kier alpha value is -0.120. The van der Waals surface area contributed by atoms with Gasteiger partial charge in [0.05, 0.1) is 0 Å². The van der Waals surface area contributed by atoms with E-state index in [1.54, 1.807) is 0 Å². The van der Waals surface area contributed by atoms with Crippen LogP contribution >= 0.6 is 0 Å². The molecule has 3 aliphatic rings. The molecule has 0 aromatic carbocycles. The Morgan fingerprint density at radius 1 is 1.05 bits per heavy atom.